The van der Waals surface area contributed by atoms with Gasteiger partial charge in [-0.3, -0.25) is 5.10 Å². The topological polar surface area (TPSA) is 44.0 Å². The summed E-state index contributed by atoms with van der Waals surface area (Å²) in [7, 11) is 4.39. The molecule has 2 rings (SSSR count). The molecule has 1 aromatic rings. The summed E-state index contributed by atoms with van der Waals surface area (Å²) in [4.78, 5) is 2.39. The van der Waals surface area contributed by atoms with Gasteiger partial charge < -0.3 is 10.2 Å². The average Bonchev–Trinajstić information content (AvgIpc) is 2.72. The van der Waals surface area contributed by atoms with Crippen LogP contribution in [0.1, 0.15) is 43.5 Å². The van der Waals surface area contributed by atoms with E-state index in [0.717, 1.165) is 29.5 Å². The van der Waals surface area contributed by atoms with E-state index in [0.29, 0.717) is 5.54 Å². The maximum Gasteiger partial charge on any atom is 0.0948 e. The third-order valence-corrected chi connectivity index (χ3v) is 4.92. The first-order chi connectivity index (χ1) is 9.05. The summed E-state index contributed by atoms with van der Waals surface area (Å²) >= 11 is 6.18. The van der Waals surface area contributed by atoms with Gasteiger partial charge in [0.25, 0.3) is 0 Å². The summed E-state index contributed by atoms with van der Waals surface area (Å²) in [5, 5.41) is 11.5. The van der Waals surface area contributed by atoms with Crippen molar-refractivity contribution < 1.29 is 0 Å². The molecule has 1 aliphatic carbocycles. The van der Waals surface area contributed by atoms with Gasteiger partial charge >= 0.3 is 0 Å². The first kappa shape index (κ1) is 14.8. The Kier molecular flexibility index (Phi) is 4.87. The van der Waals surface area contributed by atoms with E-state index in [1.165, 1.54) is 32.1 Å². The molecule has 1 saturated carbocycles. The highest BCUT2D eigenvalue weighted by atomic mass is 35.5. The maximum absolute atomic E-state index is 6.18. The fourth-order valence-electron chi connectivity index (χ4n) is 2.99. The Morgan fingerprint density at radius 3 is 2.53 bits per heavy atom. The molecule has 0 saturated heterocycles. The number of rotatable bonds is 5. The first-order valence-corrected chi connectivity index (χ1v) is 7.50. The summed E-state index contributed by atoms with van der Waals surface area (Å²) in [6.45, 7) is 3.68. The minimum Gasteiger partial charge on any atom is -0.309 e. The summed E-state index contributed by atoms with van der Waals surface area (Å²) < 4.78 is 0. The largest absolute Gasteiger partial charge is 0.309 e. The van der Waals surface area contributed by atoms with Crippen molar-refractivity contribution in [1.82, 2.24) is 20.4 Å². The minimum atomic E-state index is 0.302. The molecule has 0 atom stereocenters. The molecule has 1 aromatic heterocycles. The predicted octanol–water partition coefficient (Wildman–Crippen LogP) is 2.73. The zero-order valence-corrected chi connectivity index (χ0v) is 13.0. The smallest absolute Gasteiger partial charge is 0.0948 e. The van der Waals surface area contributed by atoms with E-state index in [1.807, 2.05) is 6.92 Å². The van der Waals surface area contributed by atoms with Crippen molar-refractivity contribution in [2.75, 3.05) is 20.6 Å². The van der Waals surface area contributed by atoms with Crippen LogP contribution in [0, 0.1) is 6.92 Å². The highest BCUT2D eigenvalue weighted by molar-refractivity contribution is 6.31. The van der Waals surface area contributed by atoms with Crippen LogP contribution in [0.2, 0.25) is 5.02 Å². The minimum absolute atomic E-state index is 0.302. The second-order valence-electron chi connectivity index (χ2n) is 5.89. The van der Waals surface area contributed by atoms with Crippen molar-refractivity contribution in [1.29, 1.82) is 0 Å². The van der Waals surface area contributed by atoms with Gasteiger partial charge in [-0.15, -0.1) is 0 Å². The SMILES string of the molecule is Cc1[nH]nc(CNCC2(N(C)C)CCCCC2)c1Cl. The Balaban J connectivity index is 1.91. The van der Waals surface area contributed by atoms with Crippen LogP contribution >= 0.6 is 11.6 Å². The molecular formula is C14H25ClN4. The lowest BCUT2D eigenvalue weighted by molar-refractivity contribution is 0.0983. The predicted molar refractivity (Wildman–Crippen MR) is 79.5 cm³/mol. The third kappa shape index (κ3) is 3.30. The van der Waals surface area contributed by atoms with Gasteiger partial charge in [-0.05, 0) is 33.9 Å². The van der Waals surface area contributed by atoms with Crippen LogP contribution in [0.5, 0.6) is 0 Å². The monoisotopic (exact) mass is 284 g/mol. The van der Waals surface area contributed by atoms with E-state index in [9.17, 15) is 0 Å². The van der Waals surface area contributed by atoms with Crippen LogP contribution in [-0.4, -0.2) is 41.3 Å². The molecule has 0 aliphatic heterocycles. The van der Waals surface area contributed by atoms with E-state index in [1.54, 1.807) is 0 Å². The molecule has 5 heteroatoms. The Morgan fingerprint density at radius 2 is 2.00 bits per heavy atom. The normalized spacial score (nSPS) is 19.0. The van der Waals surface area contributed by atoms with Crippen LogP contribution in [-0.2, 0) is 6.54 Å². The molecule has 0 amide bonds. The second-order valence-corrected chi connectivity index (χ2v) is 6.27. The van der Waals surface area contributed by atoms with Gasteiger partial charge in [-0.25, -0.2) is 0 Å². The van der Waals surface area contributed by atoms with Crippen molar-refractivity contribution >= 4 is 11.6 Å². The average molecular weight is 285 g/mol. The zero-order valence-electron chi connectivity index (χ0n) is 12.2. The van der Waals surface area contributed by atoms with E-state index in [-0.39, 0.29) is 0 Å². The Labute approximate surface area is 120 Å². The standard InChI is InChI=1S/C14H25ClN4/c1-11-13(15)12(18-17-11)9-16-10-14(19(2)3)7-5-4-6-8-14/h16H,4-10H2,1-3H3,(H,17,18). The number of nitrogens with zero attached hydrogens (tertiary/aromatic N) is 2. The van der Waals surface area contributed by atoms with Crippen LogP contribution < -0.4 is 5.32 Å². The molecule has 1 fully saturated rings. The van der Waals surface area contributed by atoms with Crippen LogP contribution in [0.4, 0.5) is 0 Å². The number of hydrogen-bond acceptors (Lipinski definition) is 3. The number of likely N-dealkylation sites (N-methyl/N-ethyl adjacent to an activating group) is 1. The molecule has 2 N–H and O–H groups in total. The molecule has 19 heavy (non-hydrogen) atoms. The fraction of sp³-hybridized carbons (Fsp3) is 0.786. The Morgan fingerprint density at radius 1 is 1.32 bits per heavy atom. The summed E-state index contributed by atoms with van der Waals surface area (Å²) in [6, 6.07) is 0. The Bertz CT molecular complexity index is 408. The van der Waals surface area contributed by atoms with Gasteiger partial charge in [0.05, 0.1) is 16.4 Å². The molecule has 0 unspecified atom stereocenters. The molecule has 0 radical (unpaired) electrons. The van der Waals surface area contributed by atoms with E-state index in [2.05, 4.69) is 34.5 Å². The van der Waals surface area contributed by atoms with Crippen LogP contribution in [0.15, 0.2) is 0 Å². The Hall–Kier alpha value is -0.580. The number of aryl methyl sites for hydroxylation is 1. The van der Waals surface area contributed by atoms with Gasteiger partial charge in [0.2, 0.25) is 0 Å². The van der Waals surface area contributed by atoms with E-state index >= 15 is 0 Å². The lowest BCUT2D eigenvalue weighted by Crippen LogP contribution is -2.52. The third-order valence-electron chi connectivity index (χ3n) is 4.42. The second kappa shape index (κ2) is 6.25. The molecule has 108 valence electrons. The van der Waals surface area contributed by atoms with Crippen molar-refractivity contribution in [3.63, 3.8) is 0 Å². The van der Waals surface area contributed by atoms with Crippen molar-refractivity contribution in [2.45, 2.75) is 51.1 Å². The quantitative estimate of drug-likeness (QED) is 0.874. The lowest BCUT2D eigenvalue weighted by atomic mass is 9.80. The summed E-state index contributed by atoms with van der Waals surface area (Å²) in [6.07, 6.45) is 6.60. The highest BCUT2D eigenvalue weighted by Crippen LogP contribution is 2.31. The van der Waals surface area contributed by atoms with Crippen molar-refractivity contribution in [3.05, 3.63) is 16.4 Å². The fourth-order valence-corrected chi connectivity index (χ4v) is 3.14. The maximum atomic E-state index is 6.18. The van der Waals surface area contributed by atoms with Crippen molar-refractivity contribution in [3.8, 4) is 0 Å². The summed E-state index contributed by atoms with van der Waals surface area (Å²) in [5.41, 5.74) is 2.16. The van der Waals surface area contributed by atoms with Gasteiger partial charge in [0.15, 0.2) is 0 Å². The van der Waals surface area contributed by atoms with Crippen LogP contribution in [0.3, 0.4) is 0 Å². The van der Waals surface area contributed by atoms with Crippen molar-refractivity contribution in [2.24, 2.45) is 0 Å². The summed E-state index contributed by atoms with van der Waals surface area (Å²) in [5.74, 6) is 0. The number of nitrogens with one attached hydrogen (secondary N) is 2. The molecule has 0 aromatic carbocycles. The zero-order chi connectivity index (χ0) is 13.9. The number of hydrogen-bond donors (Lipinski definition) is 2. The van der Waals surface area contributed by atoms with Gasteiger partial charge in [-0.1, -0.05) is 30.9 Å². The number of H-pyrrole nitrogens is 1. The molecule has 1 aliphatic rings. The molecular weight excluding hydrogens is 260 g/mol. The van der Waals surface area contributed by atoms with Crippen LogP contribution in [0.25, 0.3) is 0 Å². The molecule has 0 spiro atoms. The van der Waals surface area contributed by atoms with E-state index in [4.69, 9.17) is 11.6 Å². The van der Waals surface area contributed by atoms with Gasteiger partial charge in [0.1, 0.15) is 0 Å². The lowest BCUT2D eigenvalue weighted by Gasteiger charge is -2.43. The molecule has 1 heterocycles. The van der Waals surface area contributed by atoms with E-state index < -0.39 is 0 Å². The molecule has 4 nitrogen and oxygen atoms in total. The number of halogens is 1. The number of aromatic amines is 1. The number of aromatic nitrogens is 2. The van der Waals surface area contributed by atoms with Gasteiger partial charge in [-0.2, -0.15) is 5.10 Å². The first-order valence-electron chi connectivity index (χ1n) is 7.13. The highest BCUT2D eigenvalue weighted by Gasteiger charge is 2.33. The molecule has 0 bridgehead atoms. The van der Waals surface area contributed by atoms with Gasteiger partial charge in [0, 0.05) is 18.6 Å².